The van der Waals surface area contributed by atoms with Gasteiger partial charge in [-0.15, -0.1) is 0 Å². The second-order valence-electron chi connectivity index (χ2n) is 6.42. The van der Waals surface area contributed by atoms with E-state index in [9.17, 15) is 4.79 Å². The van der Waals surface area contributed by atoms with E-state index < -0.39 is 0 Å². The van der Waals surface area contributed by atoms with Crippen LogP contribution in [-0.4, -0.2) is 37.8 Å². The Hall–Kier alpha value is -3.21. The SMILES string of the molecule is CCN(C)C(=O)COc1ccc2ccccc2c1-c1ccc2c(c1)OCO2. The molecule has 0 saturated heterocycles. The third kappa shape index (κ3) is 3.28. The van der Waals surface area contributed by atoms with Crippen molar-refractivity contribution in [2.75, 3.05) is 27.0 Å². The van der Waals surface area contributed by atoms with E-state index in [2.05, 4.69) is 12.1 Å². The summed E-state index contributed by atoms with van der Waals surface area (Å²) >= 11 is 0. The number of hydrogen-bond acceptors (Lipinski definition) is 4. The molecule has 5 heteroatoms. The maximum absolute atomic E-state index is 12.2. The van der Waals surface area contributed by atoms with Crippen LogP contribution in [0.15, 0.2) is 54.6 Å². The molecule has 3 aromatic carbocycles. The van der Waals surface area contributed by atoms with Crippen molar-refractivity contribution in [3.63, 3.8) is 0 Å². The molecule has 0 N–H and O–H groups in total. The van der Waals surface area contributed by atoms with Crippen molar-refractivity contribution in [3.05, 3.63) is 54.6 Å². The summed E-state index contributed by atoms with van der Waals surface area (Å²) in [6.45, 7) is 2.82. The van der Waals surface area contributed by atoms with Gasteiger partial charge in [-0.2, -0.15) is 0 Å². The number of fused-ring (bicyclic) bond motifs is 2. The van der Waals surface area contributed by atoms with Gasteiger partial charge in [-0.25, -0.2) is 0 Å². The van der Waals surface area contributed by atoms with Gasteiger partial charge in [0.1, 0.15) is 5.75 Å². The van der Waals surface area contributed by atoms with Gasteiger partial charge in [0.25, 0.3) is 5.91 Å². The highest BCUT2D eigenvalue weighted by Gasteiger charge is 2.18. The molecule has 0 atom stereocenters. The van der Waals surface area contributed by atoms with Gasteiger partial charge in [0.2, 0.25) is 6.79 Å². The first-order valence-electron chi connectivity index (χ1n) is 8.96. The van der Waals surface area contributed by atoms with Gasteiger partial charge in [-0.05, 0) is 41.5 Å². The van der Waals surface area contributed by atoms with E-state index in [0.717, 1.165) is 27.6 Å². The predicted molar refractivity (Wildman–Crippen MR) is 104 cm³/mol. The summed E-state index contributed by atoms with van der Waals surface area (Å²) in [6, 6.07) is 17.9. The Morgan fingerprint density at radius 1 is 1.07 bits per heavy atom. The van der Waals surface area contributed by atoms with Crippen molar-refractivity contribution in [2.45, 2.75) is 6.92 Å². The topological polar surface area (TPSA) is 48.0 Å². The Kier molecular flexibility index (Phi) is 4.59. The number of amides is 1. The third-order valence-electron chi connectivity index (χ3n) is 4.80. The normalized spacial score (nSPS) is 12.2. The molecule has 0 saturated carbocycles. The molecule has 0 fully saturated rings. The maximum atomic E-state index is 12.2. The summed E-state index contributed by atoms with van der Waals surface area (Å²) in [4.78, 5) is 13.8. The second-order valence-corrected chi connectivity index (χ2v) is 6.42. The first kappa shape index (κ1) is 17.2. The molecule has 27 heavy (non-hydrogen) atoms. The van der Waals surface area contributed by atoms with Crippen LogP contribution in [0.5, 0.6) is 17.2 Å². The zero-order valence-corrected chi connectivity index (χ0v) is 15.4. The standard InChI is InChI=1S/C22H21NO4/c1-3-23(2)21(24)13-25-19-11-8-15-6-4-5-7-17(15)22(19)16-9-10-18-20(12-16)27-14-26-18/h4-12H,3,13-14H2,1-2H3. The molecule has 1 aliphatic heterocycles. The molecule has 1 aliphatic rings. The number of benzene rings is 3. The van der Waals surface area contributed by atoms with E-state index in [-0.39, 0.29) is 19.3 Å². The van der Waals surface area contributed by atoms with E-state index in [1.165, 1.54) is 0 Å². The molecule has 0 bridgehead atoms. The van der Waals surface area contributed by atoms with Crippen molar-refractivity contribution < 1.29 is 19.0 Å². The fourth-order valence-corrected chi connectivity index (χ4v) is 3.15. The van der Waals surface area contributed by atoms with Crippen LogP contribution in [0.25, 0.3) is 21.9 Å². The van der Waals surface area contributed by atoms with Crippen LogP contribution >= 0.6 is 0 Å². The molecule has 0 unspecified atom stereocenters. The molecular weight excluding hydrogens is 342 g/mol. The summed E-state index contributed by atoms with van der Waals surface area (Å²) in [5, 5.41) is 2.17. The predicted octanol–water partition coefficient (Wildman–Crippen LogP) is 4.09. The Labute approximate surface area is 158 Å². The zero-order valence-electron chi connectivity index (χ0n) is 15.4. The number of likely N-dealkylation sites (N-methyl/N-ethyl adjacent to an activating group) is 1. The highest BCUT2D eigenvalue weighted by molar-refractivity contribution is 6.00. The van der Waals surface area contributed by atoms with Crippen LogP contribution in [0.2, 0.25) is 0 Å². The van der Waals surface area contributed by atoms with Gasteiger partial charge in [0, 0.05) is 19.2 Å². The lowest BCUT2D eigenvalue weighted by Crippen LogP contribution is -2.31. The van der Waals surface area contributed by atoms with Crippen LogP contribution < -0.4 is 14.2 Å². The van der Waals surface area contributed by atoms with Gasteiger partial charge in [-0.3, -0.25) is 4.79 Å². The number of ether oxygens (including phenoxy) is 3. The Bertz CT molecular complexity index is 999. The number of nitrogens with zero attached hydrogens (tertiary/aromatic N) is 1. The molecule has 0 spiro atoms. The van der Waals surface area contributed by atoms with E-state index in [1.54, 1.807) is 11.9 Å². The molecule has 5 nitrogen and oxygen atoms in total. The number of carbonyl (C=O) groups excluding carboxylic acids is 1. The van der Waals surface area contributed by atoms with Crippen molar-refractivity contribution in [1.29, 1.82) is 0 Å². The van der Waals surface area contributed by atoms with Crippen LogP contribution in [-0.2, 0) is 4.79 Å². The summed E-state index contributed by atoms with van der Waals surface area (Å²) in [5.41, 5.74) is 1.90. The van der Waals surface area contributed by atoms with Gasteiger partial charge < -0.3 is 19.1 Å². The number of hydrogen-bond donors (Lipinski definition) is 0. The van der Waals surface area contributed by atoms with E-state index in [1.807, 2.05) is 49.4 Å². The minimum absolute atomic E-state index is 0.000230. The summed E-state index contributed by atoms with van der Waals surface area (Å²) in [6.07, 6.45) is 0. The third-order valence-corrected chi connectivity index (χ3v) is 4.80. The minimum atomic E-state index is -0.0534. The summed E-state index contributed by atoms with van der Waals surface area (Å²) in [5.74, 6) is 2.07. The average Bonchev–Trinajstić information content (AvgIpc) is 3.18. The molecule has 1 amide bonds. The van der Waals surface area contributed by atoms with Crippen molar-refractivity contribution in [1.82, 2.24) is 4.90 Å². The fourth-order valence-electron chi connectivity index (χ4n) is 3.15. The Morgan fingerprint density at radius 2 is 1.89 bits per heavy atom. The smallest absolute Gasteiger partial charge is 0.260 e. The monoisotopic (exact) mass is 363 g/mol. The first-order chi connectivity index (χ1) is 13.2. The fraction of sp³-hybridized carbons (Fsp3) is 0.227. The van der Waals surface area contributed by atoms with Crippen LogP contribution in [0.3, 0.4) is 0 Å². The van der Waals surface area contributed by atoms with Crippen LogP contribution in [0.1, 0.15) is 6.92 Å². The minimum Gasteiger partial charge on any atom is -0.483 e. The molecule has 138 valence electrons. The number of carbonyl (C=O) groups is 1. The maximum Gasteiger partial charge on any atom is 0.260 e. The van der Waals surface area contributed by atoms with E-state index in [4.69, 9.17) is 14.2 Å². The molecule has 3 aromatic rings. The largest absolute Gasteiger partial charge is 0.483 e. The molecule has 4 rings (SSSR count). The Morgan fingerprint density at radius 3 is 2.74 bits per heavy atom. The summed E-state index contributed by atoms with van der Waals surface area (Å²) in [7, 11) is 1.77. The van der Waals surface area contributed by atoms with Crippen LogP contribution in [0.4, 0.5) is 0 Å². The summed E-state index contributed by atoms with van der Waals surface area (Å²) < 4.78 is 16.9. The molecule has 0 aromatic heterocycles. The van der Waals surface area contributed by atoms with Gasteiger partial charge in [0.05, 0.1) is 0 Å². The molecule has 1 heterocycles. The lowest BCUT2D eigenvalue weighted by atomic mass is 9.97. The highest BCUT2D eigenvalue weighted by atomic mass is 16.7. The second kappa shape index (κ2) is 7.19. The number of rotatable bonds is 5. The first-order valence-corrected chi connectivity index (χ1v) is 8.96. The lowest BCUT2D eigenvalue weighted by Gasteiger charge is -2.18. The molecular formula is C22H21NO4. The average molecular weight is 363 g/mol. The Balaban J connectivity index is 1.78. The van der Waals surface area contributed by atoms with Gasteiger partial charge in [0.15, 0.2) is 18.1 Å². The molecule has 0 radical (unpaired) electrons. The van der Waals surface area contributed by atoms with Crippen molar-refractivity contribution in [2.24, 2.45) is 0 Å². The van der Waals surface area contributed by atoms with Gasteiger partial charge >= 0.3 is 0 Å². The van der Waals surface area contributed by atoms with E-state index >= 15 is 0 Å². The highest BCUT2D eigenvalue weighted by Crippen LogP contribution is 2.42. The van der Waals surface area contributed by atoms with E-state index in [0.29, 0.717) is 18.0 Å². The van der Waals surface area contributed by atoms with Crippen LogP contribution in [0, 0.1) is 0 Å². The van der Waals surface area contributed by atoms with Crippen molar-refractivity contribution in [3.8, 4) is 28.4 Å². The zero-order chi connectivity index (χ0) is 18.8. The van der Waals surface area contributed by atoms with Gasteiger partial charge in [-0.1, -0.05) is 36.4 Å². The lowest BCUT2D eigenvalue weighted by molar-refractivity contribution is -0.131. The molecule has 0 aliphatic carbocycles. The van der Waals surface area contributed by atoms with Crippen molar-refractivity contribution >= 4 is 16.7 Å². The quantitative estimate of drug-likeness (QED) is 0.685.